The average Bonchev–Trinajstić information content (AvgIpc) is 3.14. The van der Waals surface area contributed by atoms with E-state index in [0.717, 1.165) is 58.5 Å². The van der Waals surface area contributed by atoms with Crippen LogP contribution >= 0.6 is 11.8 Å². The van der Waals surface area contributed by atoms with Crippen molar-refractivity contribution in [3.05, 3.63) is 58.1 Å². The second-order valence-corrected chi connectivity index (χ2v) is 15.4. The first kappa shape index (κ1) is 37.1. The molecule has 0 bridgehead atoms. The minimum atomic E-state index is -0.651. The topological polar surface area (TPSA) is 149 Å². The van der Waals surface area contributed by atoms with Crippen molar-refractivity contribution in [2.24, 2.45) is 5.92 Å². The highest BCUT2D eigenvalue weighted by Crippen LogP contribution is 2.28. The zero-order chi connectivity index (χ0) is 36.9. The highest BCUT2D eigenvalue weighted by molar-refractivity contribution is 7.99. The lowest BCUT2D eigenvalue weighted by Crippen LogP contribution is -2.52. The summed E-state index contributed by atoms with van der Waals surface area (Å²) < 4.78 is 41.6. The first-order chi connectivity index (χ1) is 25.7. The first-order valence-electron chi connectivity index (χ1n) is 18.4. The van der Waals surface area contributed by atoms with Crippen molar-refractivity contribution in [2.45, 2.75) is 55.6 Å². The standard InChI is InChI=1S/C37H45F2N7O6S/c38-27-17-24(40-29-2-4-33(47)43-36(29)49)1-3-31(27)46-14-13-45(34(48)20-46)12-11-44-9-5-23(6-10-44)21-52-25-18-28(39)35-30(19-25)41-32(42-37(35)50)22-53-26-7-15-51-16-8-26/h1,3,17-19,23,26,29,40H,2,4-16,20-22H2,(H,41,42,50)(H,43,47,49). The second-order valence-electron chi connectivity index (χ2n) is 14.1. The molecule has 4 aliphatic heterocycles. The number of halogens is 2. The largest absolute Gasteiger partial charge is 0.493 e. The Balaban J connectivity index is 0.838. The van der Waals surface area contributed by atoms with Crippen LogP contribution in [0.5, 0.6) is 5.75 Å². The molecule has 3 amide bonds. The molecule has 1 aromatic heterocycles. The molecule has 7 rings (SSSR count). The van der Waals surface area contributed by atoms with Crippen LogP contribution in [0.2, 0.25) is 0 Å². The highest BCUT2D eigenvalue weighted by atomic mass is 32.2. The van der Waals surface area contributed by atoms with Crippen molar-refractivity contribution >= 4 is 51.8 Å². The minimum absolute atomic E-state index is 0.0611. The molecule has 0 saturated carbocycles. The maximum Gasteiger partial charge on any atom is 0.261 e. The van der Waals surface area contributed by atoms with Gasteiger partial charge < -0.3 is 34.5 Å². The van der Waals surface area contributed by atoms with E-state index in [9.17, 15) is 23.6 Å². The number of thioether (sulfide) groups is 1. The van der Waals surface area contributed by atoms with Crippen LogP contribution < -0.4 is 25.8 Å². The van der Waals surface area contributed by atoms with Crippen molar-refractivity contribution in [2.75, 3.05) is 75.9 Å². The molecule has 53 heavy (non-hydrogen) atoms. The molecule has 3 N–H and O–H groups in total. The van der Waals surface area contributed by atoms with Crippen molar-refractivity contribution in [1.82, 2.24) is 25.1 Å². The number of piperidine rings is 2. The van der Waals surface area contributed by atoms with Crippen LogP contribution in [0.3, 0.4) is 0 Å². The predicted molar refractivity (Wildman–Crippen MR) is 197 cm³/mol. The van der Waals surface area contributed by atoms with Gasteiger partial charge >= 0.3 is 0 Å². The maximum absolute atomic E-state index is 15.1. The summed E-state index contributed by atoms with van der Waals surface area (Å²) in [7, 11) is 0. The van der Waals surface area contributed by atoms with E-state index < -0.39 is 29.1 Å². The van der Waals surface area contributed by atoms with Crippen LogP contribution in [0.4, 0.5) is 20.2 Å². The van der Waals surface area contributed by atoms with Crippen molar-refractivity contribution < 1.29 is 32.6 Å². The molecule has 16 heteroatoms. The number of H-pyrrole nitrogens is 1. The zero-order valence-corrected chi connectivity index (χ0v) is 30.4. The smallest absolute Gasteiger partial charge is 0.261 e. The fourth-order valence-corrected chi connectivity index (χ4v) is 8.38. The number of piperazine rings is 1. The van der Waals surface area contributed by atoms with Crippen LogP contribution in [0.25, 0.3) is 10.9 Å². The fraction of sp³-hybridized carbons (Fsp3) is 0.541. The minimum Gasteiger partial charge on any atom is -0.493 e. The molecule has 13 nitrogen and oxygen atoms in total. The number of ether oxygens (including phenoxy) is 2. The van der Waals surface area contributed by atoms with Gasteiger partial charge in [0, 0.05) is 68.9 Å². The van der Waals surface area contributed by atoms with E-state index in [1.807, 2.05) is 4.90 Å². The van der Waals surface area contributed by atoms with Gasteiger partial charge in [-0.3, -0.25) is 24.5 Å². The molecule has 1 unspecified atom stereocenters. The first-order valence-corrected chi connectivity index (χ1v) is 19.4. The molecule has 4 fully saturated rings. The van der Waals surface area contributed by atoms with Gasteiger partial charge in [0.1, 0.15) is 34.6 Å². The highest BCUT2D eigenvalue weighted by Gasteiger charge is 2.29. The Bertz CT molecular complexity index is 1880. The predicted octanol–water partition coefficient (Wildman–Crippen LogP) is 3.27. The third-order valence-corrected chi connectivity index (χ3v) is 11.9. The van der Waals surface area contributed by atoms with E-state index in [4.69, 9.17) is 9.47 Å². The summed E-state index contributed by atoms with van der Waals surface area (Å²) in [4.78, 5) is 62.4. The lowest BCUT2D eigenvalue weighted by atomic mass is 9.98. The average molecular weight is 754 g/mol. The summed E-state index contributed by atoms with van der Waals surface area (Å²) in [5, 5.41) is 5.65. The number of anilines is 2. The Hall–Kier alpha value is -4.28. The van der Waals surface area contributed by atoms with Gasteiger partial charge in [-0.2, -0.15) is 11.8 Å². The van der Waals surface area contributed by atoms with Crippen molar-refractivity contribution in [3.8, 4) is 5.75 Å². The summed E-state index contributed by atoms with van der Waals surface area (Å²) in [6.07, 6.45) is 4.29. The van der Waals surface area contributed by atoms with Gasteiger partial charge in [0.25, 0.3) is 5.56 Å². The number of benzene rings is 2. The van der Waals surface area contributed by atoms with Gasteiger partial charge in [0.2, 0.25) is 17.7 Å². The van der Waals surface area contributed by atoms with E-state index in [1.165, 1.54) is 12.1 Å². The number of hydrogen-bond acceptors (Lipinski definition) is 11. The van der Waals surface area contributed by atoms with Gasteiger partial charge in [0.15, 0.2) is 0 Å². The van der Waals surface area contributed by atoms with Crippen molar-refractivity contribution in [1.29, 1.82) is 0 Å². The molecular formula is C37H45F2N7O6S. The number of nitrogens with zero attached hydrogens (tertiary/aromatic N) is 4. The summed E-state index contributed by atoms with van der Waals surface area (Å²) in [6.45, 7) is 5.99. The number of fused-ring (bicyclic) bond motifs is 1. The molecule has 0 radical (unpaired) electrons. The molecule has 284 valence electrons. The van der Waals surface area contributed by atoms with Crippen LogP contribution in [0, 0.1) is 17.6 Å². The summed E-state index contributed by atoms with van der Waals surface area (Å²) >= 11 is 1.73. The van der Waals surface area contributed by atoms with Gasteiger partial charge in [-0.25, -0.2) is 13.8 Å². The van der Waals surface area contributed by atoms with Gasteiger partial charge in [-0.15, -0.1) is 0 Å². The Morgan fingerprint density at radius 1 is 0.943 bits per heavy atom. The van der Waals surface area contributed by atoms with Crippen LogP contribution in [0.1, 0.15) is 44.3 Å². The van der Waals surface area contributed by atoms with Crippen LogP contribution in [-0.4, -0.2) is 114 Å². The van der Waals surface area contributed by atoms with Crippen LogP contribution in [0.15, 0.2) is 35.1 Å². The molecule has 0 spiro atoms. The molecule has 1 atom stereocenters. The number of nitrogens with one attached hydrogen (secondary N) is 3. The molecule has 3 aromatic rings. The third-order valence-electron chi connectivity index (χ3n) is 10.5. The number of amides is 3. The number of hydrogen-bond donors (Lipinski definition) is 3. The normalized spacial score (nSPS) is 20.9. The Morgan fingerprint density at radius 3 is 2.51 bits per heavy atom. The molecule has 4 saturated heterocycles. The second kappa shape index (κ2) is 16.8. The molecular weight excluding hydrogens is 709 g/mol. The van der Waals surface area contributed by atoms with Crippen molar-refractivity contribution in [3.63, 3.8) is 0 Å². The van der Waals surface area contributed by atoms with E-state index >= 15 is 4.39 Å². The van der Waals surface area contributed by atoms with E-state index in [0.29, 0.717) is 72.1 Å². The Kier molecular flexibility index (Phi) is 11.8. The number of aromatic nitrogens is 2. The van der Waals surface area contributed by atoms with E-state index in [1.54, 1.807) is 34.9 Å². The van der Waals surface area contributed by atoms with Crippen LogP contribution in [-0.2, 0) is 24.9 Å². The van der Waals surface area contributed by atoms with Gasteiger partial charge in [0.05, 0.1) is 30.1 Å². The molecule has 5 heterocycles. The number of carbonyl (C=O) groups excluding carboxylic acids is 3. The SMILES string of the molecule is O=C1CCC(Nc2ccc(N3CCN(CCN4CCC(COc5cc(F)c6c(=O)[nH]c(CSC7CCOCC7)nc6c5)CC4)C(=O)C3)c(F)c2)C(=O)N1. The number of rotatable bonds is 12. The maximum atomic E-state index is 15.1. The van der Waals surface area contributed by atoms with Gasteiger partial charge in [-0.1, -0.05) is 0 Å². The zero-order valence-electron chi connectivity index (χ0n) is 29.5. The number of imide groups is 1. The lowest BCUT2D eigenvalue weighted by molar-refractivity contribution is -0.134. The quantitative estimate of drug-likeness (QED) is 0.234. The number of carbonyl (C=O) groups is 3. The summed E-state index contributed by atoms with van der Waals surface area (Å²) in [5.74, 6) is -0.238. The monoisotopic (exact) mass is 753 g/mol. The van der Waals surface area contributed by atoms with E-state index in [-0.39, 0.29) is 36.1 Å². The number of likely N-dealkylation sites (tertiary alicyclic amines) is 1. The van der Waals surface area contributed by atoms with Gasteiger partial charge in [-0.05, 0) is 69.3 Å². The molecule has 2 aromatic carbocycles. The summed E-state index contributed by atoms with van der Waals surface area (Å²) in [6, 6.07) is 6.90. The fourth-order valence-electron chi connectivity index (χ4n) is 7.33. The number of aromatic amines is 1. The lowest BCUT2D eigenvalue weighted by Gasteiger charge is -2.38. The molecule has 0 aliphatic carbocycles. The molecule has 4 aliphatic rings. The third kappa shape index (κ3) is 9.27. The Morgan fingerprint density at radius 2 is 1.75 bits per heavy atom. The summed E-state index contributed by atoms with van der Waals surface area (Å²) in [5.41, 5.74) is 0.569. The van der Waals surface area contributed by atoms with E-state index in [2.05, 4.69) is 25.5 Å². The Labute approximate surface area is 310 Å².